The van der Waals surface area contributed by atoms with Crippen molar-refractivity contribution in [2.75, 3.05) is 13.7 Å². The molecule has 0 aliphatic heterocycles. The van der Waals surface area contributed by atoms with E-state index in [1.54, 1.807) is 18.2 Å². The predicted octanol–water partition coefficient (Wildman–Crippen LogP) is 3.20. The Balaban J connectivity index is 4.31. The first kappa shape index (κ1) is 20.3. The molecule has 0 rings (SSSR count). The molecule has 22 heavy (non-hydrogen) atoms. The summed E-state index contributed by atoms with van der Waals surface area (Å²) in [6.07, 6.45) is 8.93. The number of rotatable bonds is 11. The van der Waals surface area contributed by atoms with Gasteiger partial charge >= 0.3 is 5.97 Å². The number of allylic oxidation sites excluding steroid dienone is 2. The molecular formula is C18H28O4. The summed E-state index contributed by atoms with van der Waals surface area (Å²) in [5, 5.41) is 10.1. The molecule has 4 nitrogen and oxygen atoms in total. The van der Waals surface area contributed by atoms with Gasteiger partial charge in [-0.3, -0.25) is 0 Å². The minimum Gasteiger partial charge on any atom is -0.458 e. The molecule has 0 bridgehead atoms. The van der Waals surface area contributed by atoms with Crippen molar-refractivity contribution in [2.24, 2.45) is 5.92 Å². The number of aliphatic hydroxyl groups excluding tert-OH is 1. The lowest BCUT2D eigenvalue weighted by atomic mass is 9.97. The SMILES string of the molecule is C=CCC/C=C/C(=O)OC/C(C)=C\[C@@H](C)[C@H](O)[C@@H](C=C)OC. The largest absolute Gasteiger partial charge is 0.458 e. The molecule has 4 heteroatoms. The van der Waals surface area contributed by atoms with E-state index in [1.165, 1.54) is 13.2 Å². The lowest BCUT2D eigenvalue weighted by Crippen LogP contribution is -2.31. The normalized spacial score (nSPS) is 16.1. The van der Waals surface area contributed by atoms with Crippen LogP contribution < -0.4 is 0 Å². The molecule has 0 aliphatic carbocycles. The molecule has 1 N–H and O–H groups in total. The highest BCUT2D eigenvalue weighted by Gasteiger charge is 2.20. The van der Waals surface area contributed by atoms with Crippen LogP contribution in [0.5, 0.6) is 0 Å². The second-order valence-electron chi connectivity index (χ2n) is 5.17. The van der Waals surface area contributed by atoms with Gasteiger partial charge in [0.05, 0.1) is 6.10 Å². The molecule has 0 aliphatic rings. The maximum atomic E-state index is 11.5. The van der Waals surface area contributed by atoms with Crippen molar-refractivity contribution in [3.05, 3.63) is 49.1 Å². The van der Waals surface area contributed by atoms with E-state index < -0.39 is 12.2 Å². The summed E-state index contributed by atoms with van der Waals surface area (Å²) >= 11 is 0. The van der Waals surface area contributed by atoms with Gasteiger partial charge in [0.2, 0.25) is 0 Å². The summed E-state index contributed by atoms with van der Waals surface area (Å²) in [7, 11) is 1.53. The lowest BCUT2D eigenvalue weighted by Gasteiger charge is -2.22. The van der Waals surface area contributed by atoms with Crippen molar-refractivity contribution >= 4 is 5.97 Å². The fourth-order valence-electron chi connectivity index (χ4n) is 1.90. The minimum absolute atomic E-state index is 0.134. The minimum atomic E-state index is -0.688. The molecule has 0 aromatic rings. The zero-order chi connectivity index (χ0) is 17.0. The first-order valence-corrected chi connectivity index (χ1v) is 7.41. The van der Waals surface area contributed by atoms with E-state index in [0.29, 0.717) is 0 Å². The first-order valence-electron chi connectivity index (χ1n) is 7.41. The summed E-state index contributed by atoms with van der Waals surface area (Å²) in [6, 6.07) is 0. The molecule has 3 atom stereocenters. The van der Waals surface area contributed by atoms with Gasteiger partial charge in [-0.2, -0.15) is 0 Å². The van der Waals surface area contributed by atoms with Crippen LogP contribution in [0, 0.1) is 5.92 Å². The van der Waals surface area contributed by atoms with Gasteiger partial charge in [-0.1, -0.05) is 31.2 Å². The van der Waals surface area contributed by atoms with Gasteiger partial charge in [-0.05, 0) is 25.3 Å². The van der Waals surface area contributed by atoms with E-state index in [2.05, 4.69) is 13.2 Å². The molecule has 0 unspecified atom stereocenters. The van der Waals surface area contributed by atoms with Gasteiger partial charge in [0.1, 0.15) is 12.7 Å². The number of esters is 1. The number of carbonyl (C=O) groups excluding carboxylic acids is 1. The number of methoxy groups -OCH3 is 1. The van der Waals surface area contributed by atoms with Crippen molar-refractivity contribution in [3.63, 3.8) is 0 Å². The smallest absolute Gasteiger partial charge is 0.330 e. The molecule has 0 heterocycles. The standard InChI is InChI=1S/C18H28O4/c1-6-8-9-10-11-17(19)22-13-14(3)12-15(4)18(20)16(7-2)21-5/h6-7,10-12,15-16,18,20H,1-2,8-9,13H2,3-5H3/b11-10+,14-12-/t15-,16-,18+/m1/s1. The summed E-state index contributed by atoms with van der Waals surface area (Å²) in [5.74, 6) is -0.504. The maximum Gasteiger partial charge on any atom is 0.330 e. The van der Waals surface area contributed by atoms with E-state index in [4.69, 9.17) is 9.47 Å². The fraction of sp³-hybridized carbons (Fsp3) is 0.500. The summed E-state index contributed by atoms with van der Waals surface area (Å²) in [6.45, 7) is 11.2. The molecule has 0 radical (unpaired) electrons. The summed E-state index contributed by atoms with van der Waals surface area (Å²) in [4.78, 5) is 11.5. The van der Waals surface area contributed by atoms with Crippen LogP contribution in [-0.2, 0) is 14.3 Å². The Bertz CT molecular complexity index is 409. The Kier molecular flexibility index (Phi) is 11.1. The molecule has 0 aromatic heterocycles. The van der Waals surface area contributed by atoms with Crippen LogP contribution in [0.1, 0.15) is 26.7 Å². The van der Waals surface area contributed by atoms with Gasteiger partial charge in [0.25, 0.3) is 0 Å². The van der Waals surface area contributed by atoms with Gasteiger partial charge < -0.3 is 14.6 Å². The zero-order valence-electron chi connectivity index (χ0n) is 13.8. The predicted molar refractivity (Wildman–Crippen MR) is 89.5 cm³/mol. The molecule has 0 fully saturated rings. The molecule has 124 valence electrons. The molecule has 0 aromatic carbocycles. The quantitative estimate of drug-likeness (QED) is 0.276. The number of hydrogen-bond acceptors (Lipinski definition) is 4. The number of carbonyl (C=O) groups is 1. The number of ether oxygens (including phenoxy) is 2. The lowest BCUT2D eigenvalue weighted by molar-refractivity contribution is -0.136. The monoisotopic (exact) mass is 308 g/mol. The highest BCUT2D eigenvalue weighted by molar-refractivity contribution is 5.81. The van der Waals surface area contributed by atoms with E-state index in [1.807, 2.05) is 19.9 Å². The Morgan fingerprint density at radius 1 is 1.32 bits per heavy atom. The van der Waals surface area contributed by atoms with Crippen LogP contribution in [0.25, 0.3) is 0 Å². The number of hydrogen-bond donors (Lipinski definition) is 1. The molecule has 0 amide bonds. The van der Waals surface area contributed by atoms with Crippen LogP contribution in [-0.4, -0.2) is 37.0 Å². The van der Waals surface area contributed by atoms with Crippen LogP contribution in [0.3, 0.4) is 0 Å². The van der Waals surface area contributed by atoms with Crippen LogP contribution in [0.2, 0.25) is 0 Å². The first-order chi connectivity index (χ1) is 10.5. The fourth-order valence-corrected chi connectivity index (χ4v) is 1.90. The third-order valence-corrected chi connectivity index (χ3v) is 3.16. The molecule has 0 saturated heterocycles. The maximum absolute atomic E-state index is 11.5. The van der Waals surface area contributed by atoms with Crippen molar-refractivity contribution in [1.82, 2.24) is 0 Å². The average molecular weight is 308 g/mol. The van der Waals surface area contributed by atoms with Crippen molar-refractivity contribution < 1.29 is 19.4 Å². The Morgan fingerprint density at radius 3 is 2.55 bits per heavy atom. The van der Waals surface area contributed by atoms with Crippen LogP contribution in [0.15, 0.2) is 49.1 Å². The average Bonchev–Trinajstić information content (AvgIpc) is 2.50. The second-order valence-corrected chi connectivity index (χ2v) is 5.17. The van der Waals surface area contributed by atoms with Gasteiger partial charge in [-0.15, -0.1) is 13.2 Å². The zero-order valence-corrected chi connectivity index (χ0v) is 13.8. The van der Waals surface area contributed by atoms with E-state index in [9.17, 15) is 9.90 Å². The molecular weight excluding hydrogens is 280 g/mol. The van der Waals surface area contributed by atoms with Gasteiger partial charge in [0.15, 0.2) is 0 Å². The summed E-state index contributed by atoms with van der Waals surface area (Å²) in [5.41, 5.74) is 0.873. The third kappa shape index (κ3) is 8.60. The van der Waals surface area contributed by atoms with E-state index in [0.717, 1.165) is 18.4 Å². The second kappa shape index (κ2) is 12.0. The van der Waals surface area contributed by atoms with Crippen molar-refractivity contribution in [1.29, 1.82) is 0 Å². The third-order valence-electron chi connectivity index (χ3n) is 3.16. The molecule has 0 spiro atoms. The van der Waals surface area contributed by atoms with Crippen molar-refractivity contribution in [2.45, 2.75) is 38.9 Å². The van der Waals surface area contributed by atoms with E-state index in [-0.39, 0.29) is 18.5 Å². The van der Waals surface area contributed by atoms with Crippen LogP contribution in [0.4, 0.5) is 0 Å². The highest BCUT2D eigenvalue weighted by Crippen LogP contribution is 2.14. The summed E-state index contributed by atoms with van der Waals surface area (Å²) < 4.78 is 10.3. The van der Waals surface area contributed by atoms with Gasteiger partial charge in [0, 0.05) is 19.1 Å². The Hall–Kier alpha value is -1.65. The van der Waals surface area contributed by atoms with Crippen LogP contribution >= 0.6 is 0 Å². The topological polar surface area (TPSA) is 55.8 Å². The Labute approximate surface area is 133 Å². The highest BCUT2D eigenvalue weighted by atomic mass is 16.5. The number of unbranched alkanes of at least 4 members (excludes halogenated alkanes) is 1. The van der Waals surface area contributed by atoms with E-state index >= 15 is 0 Å². The number of aliphatic hydroxyl groups is 1. The molecule has 0 saturated carbocycles. The van der Waals surface area contributed by atoms with Crippen molar-refractivity contribution in [3.8, 4) is 0 Å². The van der Waals surface area contributed by atoms with Gasteiger partial charge in [-0.25, -0.2) is 4.79 Å². The Morgan fingerprint density at radius 2 is 2.00 bits per heavy atom.